The van der Waals surface area contributed by atoms with Crippen LogP contribution >= 0.6 is 0 Å². The number of carbonyl (C=O) groups is 1. The first kappa shape index (κ1) is 11.5. The van der Waals surface area contributed by atoms with E-state index < -0.39 is 0 Å². The van der Waals surface area contributed by atoms with Gasteiger partial charge < -0.3 is 14.7 Å². The van der Waals surface area contributed by atoms with Gasteiger partial charge in [0.1, 0.15) is 5.75 Å². The van der Waals surface area contributed by atoms with Crippen LogP contribution in [-0.2, 0) is 4.74 Å². The van der Waals surface area contributed by atoms with E-state index >= 15 is 0 Å². The number of aromatic hydroxyl groups is 1. The number of amides is 1. The van der Waals surface area contributed by atoms with Crippen molar-refractivity contribution in [3.63, 3.8) is 0 Å². The molecule has 0 aliphatic heterocycles. The third-order valence-electron chi connectivity index (χ3n) is 1.97. The van der Waals surface area contributed by atoms with Crippen LogP contribution in [0.5, 0.6) is 5.75 Å². The van der Waals surface area contributed by atoms with Crippen molar-refractivity contribution in [2.24, 2.45) is 0 Å². The second-order valence-corrected chi connectivity index (χ2v) is 3.09. The Bertz CT molecular complexity index is 341. The van der Waals surface area contributed by atoms with E-state index in [0.29, 0.717) is 13.2 Å². The lowest BCUT2D eigenvalue weighted by Gasteiger charge is -2.16. The monoisotopic (exact) mass is 210 g/mol. The van der Waals surface area contributed by atoms with Crippen LogP contribution in [0.1, 0.15) is 10.5 Å². The van der Waals surface area contributed by atoms with E-state index in [1.807, 2.05) is 0 Å². The van der Waals surface area contributed by atoms with E-state index in [9.17, 15) is 9.90 Å². The molecule has 0 radical (unpaired) electrons. The van der Waals surface area contributed by atoms with E-state index in [0.717, 1.165) is 0 Å². The van der Waals surface area contributed by atoms with E-state index in [1.165, 1.54) is 17.2 Å². The first-order valence-corrected chi connectivity index (χ1v) is 4.55. The Labute approximate surface area is 88.3 Å². The molecule has 0 aliphatic carbocycles. The van der Waals surface area contributed by atoms with Gasteiger partial charge in [0.25, 0.3) is 5.91 Å². The van der Waals surface area contributed by atoms with E-state index in [1.54, 1.807) is 20.2 Å². The molecule has 5 nitrogen and oxygen atoms in total. The Morgan fingerprint density at radius 1 is 1.67 bits per heavy atom. The number of nitrogens with zero attached hydrogens (tertiary/aromatic N) is 2. The quantitative estimate of drug-likeness (QED) is 0.786. The van der Waals surface area contributed by atoms with Gasteiger partial charge in [0.15, 0.2) is 5.69 Å². The van der Waals surface area contributed by atoms with Crippen molar-refractivity contribution in [2.45, 2.75) is 0 Å². The Hall–Kier alpha value is -1.62. The van der Waals surface area contributed by atoms with Gasteiger partial charge in [-0.05, 0) is 12.1 Å². The summed E-state index contributed by atoms with van der Waals surface area (Å²) in [6, 6.07) is 3.01. The smallest absolute Gasteiger partial charge is 0.276 e. The van der Waals surface area contributed by atoms with Crippen molar-refractivity contribution < 1.29 is 14.6 Å². The maximum absolute atomic E-state index is 11.7. The van der Waals surface area contributed by atoms with Crippen molar-refractivity contribution in [1.82, 2.24) is 9.88 Å². The van der Waals surface area contributed by atoms with Crippen LogP contribution < -0.4 is 0 Å². The summed E-state index contributed by atoms with van der Waals surface area (Å²) in [5, 5.41) is 9.41. The molecule has 0 unspecified atom stereocenters. The zero-order chi connectivity index (χ0) is 11.3. The number of aromatic nitrogens is 1. The normalized spacial score (nSPS) is 10.0. The number of methoxy groups -OCH3 is 1. The molecule has 0 bridgehead atoms. The summed E-state index contributed by atoms with van der Waals surface area (Å²) < 4.78 is 4.85. The molecule has 0 saturated heterocycles. The fourth-order valence-corrected chi connectivity index (χ4v) is 1.07. The van der Waals surface area contributed by atoms with Crippen LogP contribution in [0.3, 0.4) is 0 Å². The summed E-state index contributed by atoms with van der Waals surface area (Å²) >= 11 is 0. The molecule has 0 fully saturated rings. The van der Waals surface area contributed by atoms with E-state index in [2.05, 4.69) is 4.98 Å². The second kappa shape index (κ2) is 5.31. The Kier molecular flexibility index (Phi) is 4.05. The molecular weight excluding hydrogens is 196 g/mol. The SMILES string of the molecule is COCCN(C)C(=O)c1ncccc1O. The van der Waals surface area contributed by atoms with Crippen LogP contribution in [0.2, 0.25) is 0 Å². The lowest BCUT2D eigenvalue weighted by Crippen LogP contribution is -2.30. The number of ether oxygens (including phenoxy) is 1. The first-order valence-electron chi connectivity index (χ1n) is 4.55. The van der Waals surface area contributed by atoms with Gasteiger partial charge in [0, 0.05) is 26.9 Å². The van der Waals surface area contributed by atoms with Crippen molar-refractivity contribution in [3.8, 4) is 5.75 Å². The van der Waals surface area contributed by atoms with Gasteiger partial charge in [-0.15, -0.1) is 0 Å². The highest BCUT2D eigenvalue weighted by atomic mass is 16.5. The molecule has 0 spiro atoms. The number of hydrogen-bond donors (Lipinski definition) is 1. The van der Waals surface area contributed by atoms with Gasteiger partial charge in [0.05, 0.1) is 6.61 Å². The lowest BCUT2D eigenvalue weighted by molar-refractivity contribution is 0.0735. The molecule has 1 amide bonds. The standard InChI is InChI=1S/C10H14N2O3/c1-12(6-7-15-2)10(14)9-8(13)4-3-5-11-9/h3-5,13H,6-7H2,1-2H3. The average molecular weight is 210 g/mol. The summed E-state index contributed by atoms with van der Waals surface area (Å²) in [4.78, 5) is 17.0. The molecule has 1 aromatic rings. The molecule has 0 aliphatic rings. The van der Waals surface area contributed by atoms with Crippen LogP contribution in [0.25, 0.3) is 0 Å². The minimum Gasteiger partial charge on any atom is -0.505 e. The van der Waals surface area contributed by atoms with Crippen molar-refractivity contribution in [2.75, 3.05) is 27.3 Å². The molecule has 1 aromatic heterocycles. The van der Waals surface area contributed by atoms with Crippen LogP contribution in [-0.4, -0.2) is 48.2 Å². The summed E-state index contributed by atoms with van der Waals surface area (Å²) in [6.07, 6.45) is 1.47. The summed E-state index contributed by atoms with van der Waals surface area (Å²) in [5.41, 5.74) is 0.0658. The molecule has 0 saturated carbocycles. The fourth-order valence-electron chi connectivity index (χ4n) is 1.07. The van der Waals surface area contributed by atoms with Gasteiger partial charge in [-0.25, -0.2) is 4.98 Å². The highest BCUT2D eigenvalue weighted by Gasteiger charge is 2.16. The van der Waals surface area contributed by atoms with E-state index in [4.69, 9.17) is 4.74 Å². The Morgan fingerprint density at radius 3 is 3.00 bits per heavy atom. The zero-order valence-corrected chi connectivity index (χ0v) is 8.80. The highest BCUT2D eigenvalue weighted by molar-refractivity contribution is 5.94. The molecule has 1 N–H and O–H groups in total. The van der Waals surface area contributed by atoms with Gasteiger partial charge >= 0.3 is 0 Å². The third-order valence-corrected chi connectivity index (χ3v) is 1.97. The first-order chi connectivity index (χ1) is 7.16. The predicted molar refractivity (Wildman–Crippen MR) is 54.7 cm³/mol. The molecule has 1 heterocycles. The maximum Gasteiger partial charge on any atom is 0.276 e. The predicted octanol–water partition coefficient (Wildman–Crippen LogP) is 0.506. The zero-order valence-electron chi connectivity index (χ0n) is 8.80. The van der Waals surface area contributed by atoms with Gasteiger partial charge in [0.2, 0.25) is 0 Å². The topological polar surface area (TPSA) is 62.7 Å². The molecule has 5 heteroatoms. The Morgan fingerprint density at radius 2 is 2.40 bits per heavy atom. The largest absolute Gasteiger partial charge is 0.505 e. The van der Waals surface area contributed by atoms with Crippen LogP contribution in [0.15, 0.2) is 18.3 Å². The minimum absolute atomic E-state index is 0.0658. The molecule has 0 atom stereocenters. The van der Waals surface area contributed by atoms with E-state index in [-0.39, 0.29) is 17.4 Å². The summed E-state index contributed by atoms with van der Waals surface area (Å²) in [6.45, 7) is 0.918. The Balaban J connectivity index is 2.72. The number of rotatable bonds is 4. The minimum atomic E-state index is -0.315. The molecule has 1 rings (SSSR count). The fraction of sp³-hybridized carbons (Fsp3) is 0.400. The van der Waals surface area contributed by atoms with Crippen LogP contribution in [0, 0.1) is 0 Å². The van der Waals surface area contributed by atoms with Crippen molar-refractivity contribution >= 4 is 5.91 Å². The molecule has 0 aromatic carbocycles. The average Bonchev–Trinajstić information content (AvgIpc) is 2.25. The molecular formula is C10H14N2O3. The third kappa shape index (κ3) is 2.92. The lowest BCUT2D eigenvalue weighted by atomic mass is 10.3. The van der Waals surface area contributed by atoms with Gasteiger partial charge in [-0.3, -0.25) is 4.79 Å². The van der Waals surface area contributed by atoms with Gasteiger partial charge in [-0.1, -0.05) is 0 Å². The summed E-state index contributed by atoms with van der Waals surface area (Å²) in [7, 11) is 3.20. The number of carbonyl (C=O) groups excluding carboxylic acids is 1. The van der Waals surface area contributed by atoms with Crippen LogP contribution in [0.4, 0.5) is 0 Å². The number of pyridine rings is 1. The van der Waals surface area contributed by atoms with Gasteiger partial charge in [-0.2, -0.15) is 0 Å². The number of likely N-dealkylation sites (N-methyl/N-ethyl adjacent to an activating group) is 1. The molecule has 82 valence electrons. The van der Waals surface area contributed by atoms with Crippen molar-refractivity contribution in [1.29, 1.82) is 0 Å². The summed E-state index contributed by atoms with van der Waals surface area (Å²) in [5.74, 6) is -0.420. The highest BCUT2D eigenvalue weighted by Crippen LogP contribution is 2.13. The number of hydrogen-bond acceptors (Lipinski definition) is 4. The van der Waals surface area contributed by atoms with Crippen molar-refractivity contribution in [3.05, 3.63) is 24.0 Å². The maximum atomic E-state index is 11.7. The molecule has 15 heavy (non-hydrogen) atoms. The second-order valence-electron chi connectivity index (χ2n) is 3.09.